The number of rotatable bonds is 8. The van der Waals surface area contributed by atoms with E-state index in [-0.39, 0.29) is 0 Å². The Labute approximate surface area is 166 Å². The van der Waals surface area contributed by atoms with Gasteiger partial charge in [0.05, 0.1) is 25.3 Å². The molecule has 4 nitrogen and oxygen atoms in total. The number of halogens is 1. The summed E-state index contributed by atoms with van der Waals surface area (Å²) in [6.07, 6.45) is 1.00. The molecule has 0 aromatic heterocycles. The number of nitrogens with one attached hydrogen (secondary N) is 1. The minimum absolute atomic E-state index is 0.556. The molecule has 0 amide bonds. The van der Waals surface area contributed by atoms with Gasteiger partial charge in [0.2, 0.25) is 0 Å². The maximum Gasteiger partial charge on any atom is 0.173 e. The van der Waals surface area contributed by atoms with E-state index in [1.165, 1.54) is 0 Å². The standard InChI is InChI=1S/C20H25ClN2O2S/c1-4-12-22-20(26)23(16-8-11-19(24-3)18(21)13-16)14-15-6-9-17(10-7-15)25-5-2/h6-11,13H,4-5,12,14H2,1-3H3,(H,22,26). The average Bonchev–Trinajstić information content (AvgIpc) is 2.65. The zero-order chi connectivity index (χ0) is 18.9. The second kappa shape index (κ2) is 10.2. The van der Waals surface area contributed by atoms with Crippen LogP contribution in [0.2, 0.25) is 5.02 Å². The van der Waals surface area contributed by atoms with E-state index in [2.05, 4.69) is 12.2 Å². The van der Waals surface area contributed by atoms with Crippen molar-refractivity contribution < 1.29 is 9.47 Å². The van der Waals surface area contributed by atoms with Gasteiger partial charge in [-0.1, -0.05) is 30.7 Å². The molecule has 0 spiro atoms. The molecule has 0 saturated heterocycles. The molecule has 0 aliphatic heterocycles. The minimum atomic E-state index is 0.556. The van der Waals surface area contributed by atoms with Gasteiger partial charge in [-0.05, 0) is 61.5 Å². The Morgan fingerprint density at radius 3 is 2.46 bits per heavy atom. The molecule has 26 heavy (non-hydrogen) atoms. The normalized spacial score (nSPS) is 10.3. The Morgan fingerprint density at radius 1 is 1.15 bits per heavy atom. The molecule has 0 aliphatic carbocycles. The molecule has 0 aliphatic rings. The fraction of sp³-hybridized carbons (Fsp3) is 0.350. The SMILES string of the molecule is CCCNC(=S)N(Cc1ccc(OCC)cc1)c1ccc(OC)c(Cl)c1. The van der Waals surface area contributed by atoms with Crippen LogP contribution in [0.3, 0.4) is 0 Å². The first-order chi connectivity index (χ1) is 12.6. The number of nitrogens with zero attached hydrogens (tertiary/aromatic N) is 1. The molecule has 140 valence electrons. The summed E-state index contributed by atoms with van der Waals surface area (Å²) in [5.41, 5.74) is 2.04. The molecule has 1 N–H and O–H groups in total. The van der Waals surface area contributed by atoms with Crippen LogP contribution in [0.5, 0.6) is 11.5 Å². The number of hydrogen-bond acceptors (Lipinski definition) is 3. The van der Waals surface area contributed by atoms with Gasteiger partial charge in [0.15, 0.2) is 5.11 Å². The smallest absolute Gasteiger partial charge is 0.173 e. The Balaban J connectivity index is 2.25. The molecule has 2 aromatic carbocycles. The van der Waals surface area contributed by atoms with E-state index in [9.17, 15) is 0 Å². The molecular weight excluding hydrogens is 368 g/mol. The highest BCUT2D eigenvalue weighted by Crippen LogP contribution is 2.30. The molecule has 0 saturated carbocycles. The lowest BCUT2D eigenvalue weighted by Gasteiger charge is -2.26. The molecule has 0 heterocycles. The Hall–Kier alpha value is -1.98. The summed E-state index contributed by atoms with van der Waals surface area (Å²) < 4.78 is 10.8. The van der Waals surface area contributed by atoms with Gasteiger partial charge in [0, 0.05) is 12.2 Å². The van der Waals surface area contributed by atoms with Crippen molar-refractivity contribution in [1.82, 2.24) is 5.32 Å². The predicted molar refractivity (Wildman–Crippen MR) is 113 cm³/mol. The van der Waals surface area contributed by atoms with Gasteiger partial charge in [0.1, 0.15) is 11.5 Å². The van der Waals surface area contributed by atoms with Crippen LogP contribution in [0.25, 0.3) is 0 Å². The molecule has 2 aromatic rings. The van der Waals surface area contributed by atoms with Crippen molar-refractivity contribution in [2.45, 2.75) is 26.8 Å². The summed E-state index contributed by atoms with van der Waals surface area (Å²) in [5, 5.41) is 4.51. The number of ether oxygens (including phenoxy) is 2. The van der Waals surface area contributed by atoms with Gasteiger partial charge in [-0.25, -0.2) is 0 Å². The van der Waals surface area contributed by atoms with E-state index in [4.69, 9.17) is 33.3 Å². The van der Waals surface area contributed by atoms with Crippen LogP contribution in [-0.4, -0.2) is 25.4 Å². The van der Waals surface area contributed by atoms with Crippen molar-refractivity contribution >= 4 is 34.6 Å². The topological polar surface area (TPSA) is 33.7 Å². The van der Waals surface area contributed by atoms with Gasteiger partial charge < -0.3 is 19.7 Å². The molecule has 0 fully saturated rings. The summed E-state index contributed by atoms with van der Waals surface area (Å²) in [6, 6.07) is 13.7. The second-order valence-corrected chi connectivity index (χ2v) is 6.51. The van der Waals surface area contributed by atoms with Crippen molar-refractivity contribution in [2.75, 3.05) is 25.2 Å². The minimum Gasteiger partial charge on any atom is -0.495 e. The largest absolute Gasteiger partial charge is 0.495 e. The van der Waals surface area contributed by atoms with Gasteiger partial charge >= 0.3 is 0 Å². The lowest BCUT2D eigenvalue weighted by Crippen LogP contribution is -2.39. The Kier molecular flexibility index (Phi) is 8.01. The molecular formula is C20H25ClN2O2S. The summed E-state index contributed by atoms with van der Waals surface area (Å²) >= 11 is 11.9. The molecule has 0 unspecified atom stereocenters. The summed E-state index contributed by atoms with van der Waals surface area (Å²) in [5.74, 6) is 1.51. The average molecular weight is 393 g/mol. The highest BCUT2D eigenvalue weighted by atomic mass is 35.5. The van der Waals surface area contributed by atoms with Crippen molar-refractivity contribution in [2.24, 2.45) is 0 Å². The first kappa shape index (κ1) is 20.3. The number of thiocarbonyl (C=S) groups is 1. The number of methoxy groups -OCH3 is 1. The zero-order valence-corrected chi connectivity index (χ0v) is 17.0. The fourth-order valence-corrected chi connectivity index (χ4v) is 3.00. The van der Waals surface area contributed by atoms with Crippen molar-refractivity contribution in [3.05, 3.63) is 53.1 Å². The van der Waals surface area contributed by atoms with E-state index >= 15 is 0 Å². The maximum absolute atomic E-state index is 6.31. The van der Waals surface area contributed by atoms with Crippen molar-refractivity contribution in [3.8, 4) is 11.5 Å². The second-order valence-electron chi connectivity index (χ2n) is 5.71. The molecule has 6 heteroatoms. The van der Waals surface area contributed by atoms with E-state index in [0.29, 0.717) is 29.0 Å². The predicted octanol–water partition coefficient (Wildman–Crippen LogP) is 5.04. The third-order valence-electron chi connectivity index (χ3n) is 3.79. The molecule has 0 bridgehead atoms. The summed E-state index contributed by atoms with van der Waals surface area (Å²) in [7, 11) is 1.60. The molecule has 0 radical (unpaired) electrons. The van der Waals surface area contributed by atoms with E-state index in [1.807, 2.05) is 54.3 Å². The number of benzene rings is 2. The third kappa shape index (κ3) is 5.51. The number of anilines is 1. The molecule has 0 atom stereocenters. The zero-order valence-electron chi connectivity index (χ0n) is 15.4. The quantitative estimate of drug-likeness (QED) is 0.636. The van der Waals surface area contributed by atoms with Gasteiger partial charge in [-0.2, -0.15) is 0 Å². The van der Waals surface area contributed by atoms with Crippen LogP contribution < -0.4 is 19.7 Å². The van der Waals surface area contributed by atoms with Crippen LogP contribution >= 0.6 is 23.8 Å². The van der Waals surface area contributed by atoms with Crippen molar-refractivity contribution in [1.29, 1.82) is 0 Å². The fourth-order valence-electron chi connectivity index (χ4n) is 2.47. The Morgan fingerprint density at radius 2 is 1.88 bits per heavy atom. The Bertz CT molecular complexity index is 722. The summed E-state index contributed by atoms with van der Waals surface area (Å²) in [4.78, 5) is 2.03. The first-order valence-electron chi connectivity index (χ1n) is 8.69. The highest BCUT2D eigenvalue weighted by Gasteiger charge is 2.15. The third-order valence-corrected chi connectivity index (χ3v) is 4.45. The van der Waals surface area contributed by atoms with Gasteiger partial charge in [0.25, 0.3) is 0 Å². The van der Waals surface area contributed by atoms with Gasteiger partial charge in [-0.3, -0.25) is 0 Å². The van der Waals surface area contributed by atoms with Crippen LogP contribution in [0.15, 0.2) is 42.5 Å². The van der Waals surface area contributed by atoms with E-state index < -0.39 is 0 Å². The summed E-state index contributed by atoms with van der Waals surface area (Å²) in [6.45, 7) is 6.19. The molecule has 2 rings (SSSR count). The van der Waals surface area contributed by atoms with Crippen LogP contribution in [0.4, 0.5) is 5.69 Å². The van der Waals surface area contributed by atoms with Gasteiger partial charge in [-0.15, -0.1) is 0 Å². The number of hydrogen-bond donors (Lipinski definition) is 1. The first-order valence-corrected chi connectivity index (χ1v) is 9.48. The van der Waals surface area contributed by atoms with E-state index in [1.54, 1.807) is 7.11 Å². The monoisotopic (exact) mass is 392 g/mol. The van der Waals surface area contributed by atoms with Crippen LogP contribution in [-0.2, 0) is 6.54 Å². The highest BCUT2D eigenvalue weighted by molar-refractivity contribution is 7.80. The lowest BCUT2D eigenvalue weighted by molar-refractivity contribution is 0.340. The maximum atomic E-state index is 6.31. The van der Waals surface area contributed by atoms with Crippen LogP contribution in [0, 0.1) is 0 Å². The van der Waals surface area contributed by atoms with E-state index in [0.717, 1.165) is 30.0 Å². The van der Waals surface area contributed by atoms with Crippen LogP contribution in [0.1, 0.15) is 25.8 Å². The van der Waals surface area contributed by atoms with Crippen molar-refractivity contribution in [3.63, 3.8) is 0 Å². The lowest BCUT2D eigenvalue weighted by atomic mass is 10.2.